The fourth-order valence-corrected chi connectivity index (χ4v) is 5.64. The molecule has 0 amide bonds. The second-order valence-electron chi connectivity index (χ2n) is 12.1. The van der Waals surface area contributed by atoms with Crippen LogP contribution in [0.4, 0.5) is 11.4 Å². The first kappa shape index (κ1) is 37.2. The number of phenolic OH excluding ortho intramolecular Hbond substituents is 1. The van der Waals surface area contributed by atoms with Crippen molar-refractivity contribution in [2.45, 2.75) is 87.2 Å². The van der Waals surface area contributed by atoms with Crippen molar-refractivity contribution in [2.75, 3.05) is 10.6 Å². The average molecular weight is 656 g/mol. The van der Waals surface area contributed by atoms with E-state index in [0.29, 0.717) is 5.56 Å². The molecule has 242 valence electrons. The topological polar surface area (TPSA) is 118 Å². The number of hydrogen-bond donors (Lipinski definition) is 4. The van der Waals surface area contributed by atoms with Crippen LogP contribution in [0.5, 0.6) is 11.5 Å². The van der Waals surface area contributed by atoms with E-state index in [-0.39, 0.29) is 40.3 Å². The monoisotopic (exact) mass is 655 g/mol. The maximum absolute atomic E-state index is 10.7. The van der Waals surface area contributed by atoms with Gasteiger partial charge in [-0.3, -0.25) is 4.98 Å². The van der Waals surface area contributed by atoms with Crippen molar-refractivity contribution in [1.29, 1.82) is 0 Å². The fraction of sp³-hybridized carbons (Fsp3) is 0.351. The smallest absolute Gasteiger partial charge is 0.545 e. The van der Waals surface area contributed by atoms with Gasteiger partial charge in [0.25, 0.3) is 0 Å². The summed E-state index contributed by atoms with van der Waals surface area (Å²) in [7, 11) is 0. The van der Waals surface area contributed by atoms with Gasteiger partial charge in [-0.15, -0.1) is 0 Å². The van der Waals surface area contributed by atoms with Gasteiger partial charge in [-0.2, -0.15) is 0 Å². The molecule has 7 nitrogen and oxygen atoms in total. The summed E-state index contributed by atoms with van der Waals surface area (Å²) in [5, 5.41) is 36.5. The van der Waals surface area contributed by atoms with Crippen LogP contribution in [0.3, 0.4) is 0 Å². The third-order valence-electron chi connectivity index (χ3n) is 7.77. The van der Waals surface area contributed by atoms with Crippen LogP contribution in [0.15, 0.2) is 54.6 Å². The van der Waals surface area contributed by atoms with Crippen LogP contribution in [0.25, 0.3) is 0 Å². The molecule has 4 aromatic rings. The van der Waals surface area contributed by atoms with Crippen molar-refractivity contribution >= 4 is 17.3 Å². The molecule has 4 rings (SSSR count). The number of aromatic nitrogens is 1. The van der Waals surface area contributed by atoms with Crippen molar-refractivity contribution in [3.8, 4) is 11.5 Å². The van der Waals surface area contributed by atoms with Gasteiger partial charge in [-0.05, 0) is 107 Å². The first-order valence-corrected chi connectivity index (χ1v) is 15.0. The summed E-state index contributed by atoms with van der Waals surface area (Å²) in [5.41, 5.74) is 12.3. The number of carbonyl (C=O) groups excluding carboxylic acids is 1. The minimum atomic E-state index is -1.48. The molecule has 1 aromatic heterocycles. The number of aromatic hydroxyl groups is 2. The molecule has 2 unspecified atom stereocenters. The zero-order chi connectivity index (χ0) is 32.9. The number of aromatic carboxylic acids is 1. The van der Waals surface area contributed by atoms with E-state index in [0.717, 1.165) is 11.4 Å². The molecule has 8 heteroatoms. The van der Waals surface area contributed by atoms with Gasteiger partial charge in [0, 0.05) is 16.9 Å². The van der Waals surface area contributed by atoms with Crippen LogP contribution in [0, 0.1) is 41.5 Å². The number of pyridine rings is 1. The van der Waals surface area contributed by atoms with Crippen LogP contribution in [0.1, 0.15) is 106 Å². The molecular weight excluding hydrogens is 609 g/mol. The predicted octanol–water partition coefficient (Wildman–Crippen LogP) is 7.86. The standard InChI is InChI=1S/C27H35N3.C10H12O4.Co/c1-16-12-18(3)26(19(4)13-16)28-22(7)24-10-9-11-25(30-24)23(8)29-27-20(5)14-17(2)15-21(27)6;1-5(2)6-3-4-7(11)9(12)8(6)10(13)14;/h9-15,22-23,28-29H,1-8H3;3-5,11-12H,1-2H3,(H,13,14);/q;;+1/p-1. The summed E-state index contributed by atoms with van der Waals surface area (Å²) in [4.78, 5) is 15.7. The molecular formula is C37H46CoN3O4. The zero-order valence-electron chi connectivity index (χ0n) is 27.9. The molecule has 0 saturated carbocycles. The van der Waals surface area contributed by atoms with Crippen molar-refractivity contribution < 1.29 is 36.9 Å². The second-order valence-corrected chi connectivity index (χ2v) is 12.1. The number of anilines is 2. The Morgan fingerprint density at radius 1 is 0.711 bits per heavy atom. The van der Waals surface area contributed by atoms with E-state index in [2.05, 4.69) is 108 Å². The van der Waals surface area contributed by atoms with E-state index in [9.17, 15) is 15.0 Å². The zero-order valence-corrected chi connectivity index (χ0v) is 29.0. The van der Waals surface area contributed by atoms with E-state index in [1.54, 1.807) is 13.8 Å². The van der Waals surface area contributed by atoms with Gasteiger partial charge in [0.05, 0.1) is 29.4 Å². The van der Waals surface area contributed by atoms with Gasteiger partial charge in [0.15, 0.2) is 11.5 Å². The minimum Gasteiger partial charge on any atom is -0.545 e. The largest absolute Gasteiger partial charge is 1.00 e. The maximum Gasteiger partial charge on any atom is 1.00 e. The molecule has 2 atom stereocenters. The van der Waals surface area contributed by atoms with Crippen LogP contribution in [0.2, 0.25) is 0 Å². The fourth-order valence-electron chi connectivity index (χ4n) is 5.64. The van der Waals surface area contributed by atoms with Crippen LogP contribution >= 0.6 is 0 Å². The summed E-state index contributed by atoms with van der Waals surface area (Å²) in [6.45, 7) is 20.9. The van der Waals surface area contributed by atoms with E-state index >= 15 is 0 Å². The molecule has 0 radical (unpaired) electrons. The number of nitrogens with zero attached hydrogens (tertiary/aromatic N) is 1. The number of carboxylic acids is 1. The van der Waals surface area contributed by atoms with E-state index < -0.39 is 17.5 Å². The van der Waals surface area contributed by atoms with Gasteiger partial charge in [0.2, 0.25) is 0 Å². The molecule has 0 aliphatic rings. The molecule has 3 aromatic carbocycles. The van der Waals surface area contributed by atoms with Gasteiger partial charge in [0.1, 0.15) is 0 Å². The Bertz CT molecular complexity index is 1520. The predicted molar refractivity (Wildman–Crippen MR) is 178 cm³/mol. The molecule has 0 spiro atoms. The van der Waals surface area contributed by atoms with Crippen molar-refractivity contribution in [2.24, 2.45) is 0 Å². The Morgan fingerprint density at radius 2 is 1.11 bits per heavy atom. The molecule has 0 bridgehead atoms. The van der Waals surface area contributed by atoms with Crippen molar-refractivity contribution in [3.63, 3.8) is 0 Å². The summed E-state index contributed by atoms with van der Waals surface area (Å²) >= 11 is 0. The summed E-state index contributed by atoms with van der Waals surface area (Å²) in [6, 6.07) is 18.2. The third kappa shape index (κ3) is 9.25. The normalized spacial score (nSPS) is 12.0. The summed E-state index contributed by atoms with van der Waals surface area (Å²) in [5.74, 6) is -2.62. The number of rotatable bonds is 8. The number of aryl methyl sites for hydroxylation is 6. The number of carbonyl (C=O) groups is 1. The van der Waals surface area contributed by atoms with Crippen molar-refractivity contribution in [3.05, 3.63) is 110 Å². The number of hydrogen-bond acceptors (Lipinski definition) is 7. The molecule has 0 fully saturated rings. The molecule has 4 N–H and O–H groups in total. The van der Waals surface area contributed by atoms with E-state index in [1.807, 2.05) is 0 Å². The Morgan fingerprint density at radius 3 is 1.47 bits per heavy atom. The first-order chi connectivity index (χ1) is 20.6. The maximum atomic E-state index is 10.7. The van der Waals surface area contributed by atoms with E-state index in [4.69, 9.17) is 10.1 Å². The Hall–Kier alpha value is -4.01. The summed E-state index contributed by atoms with van der Waals surface area (Å²) in [6.07, 6.45) is 0. The average Bonchev–Trinajstić information content (AvgIpc) is 2.93. The van der Waals surface area contributed by atoms with E-state index in [1.165, 1.54) is 56.9 Å². The van der Waals surface area contributed by atoms with Gasteiger partial charge in [-0.1, -0.05) is 61.4 Å². The number of carboxylic acid groups (broad SMARTS) is 1. The molecule has 1 heterocycles. The number of phenols is 2. The SMILES string of the molecule is CC(C)c1ccc(O)c(O)c1C(=O)[O-].Cc1cc(C)c(NC(C)c2cccc(C(C)Nc3c(C)cc(C)cc3C)n2)c(C)c1.[Co+]. The Kier molecular flexibility index (Phi) is 13.1. The van der Waals surface area contributed by atoms with Crippen LogP contribution < -0.4 is 15.7 Å². The molecule has 0 saturated heterocycles. The van der Waals surface area contributed by atoms with Gasteiger partial charge < -0.3 is 30.7 Å². The van der Waals surface area contributed by atoms with Gasteiger partial charge in [-0.25, -0.2) is 0 Å². The number of benzene rings is 3. The van der Waals surface area contributed by atoms with Crippen molar-refractivity contribution in [1.82, 2.24) is 4.98 Å². The molecule has 0 aliphatic carbocycles. The second kappa shape index (κ2) is 15.8. The first-order valence-electron chi connectivity index (χ1n) is 15.0. The van der Waals surface area contributed by atoms with Gasteiger partial charge >= 0.3 is 16.8 Å². The van der Waals surface area contributed by atoms with Crippen LogP contribution in [-0.2, 0) is 16.8 Å². The minimum absolute atomic E-state index is 0. The number of nitrogens with one attached hydrogen (secondary N) is 2. The Labute approximate surface area is 278 Å². The quantitative estimate of drug-likeness (QED) is 0.143. The third-order valence-corrected chi connectivity index (χ3v) is 7.77. The molecule has 45 heavy (non-hydrogen) atoms. The summed E-state index contributed by atoms with van der Waals surface area (Å²) < 4.78 is 0. The van der Waals surface area contributed by atoms with Crippen LogP contribution in [-0.4, -0.2) is 21.2 Å². The molecule has 0 aliphatic heterocycles. The Balaban J connectivity index is 0.000000396.